The Bertz CT molecular complexity index is 149. The maximum absolute atomic E-state index is 8.39. The molecule has 0 spiro atoms. The Balaban J connectivity index is 4.22. The number of alkyl halides is 3. The average molecular weight is 201 g/mol. The molecule has 0 rings (SSSR count). The van der Waals surface area contributed by atoms with Gasteiger partial charge in [-0.2, -0.15) is 5.26 Å². The van der Waals surface area contributed by atoms with Crippen LogP contribution in [0.4, 0.5) is 0 Å². The van der Waals surface area contributed by atoms with Crippen molar-refractivity contribution in [2.75, 3.05) is 14.1 Å². The van der Waals surface area contributed by atoms with Gasteiger partial charge in [-0.3, -0.25) is 4.90 Å². The molecule has 0 saturated carbocycles. The summed E-state index contributed by atoms with van der Waals surface area (Å²) < 4.78 is -1.54. The molecule has 0 saturated heterocycles. The van der Waals surface area contributed by atoms with Crippen LogP contribution < -0.4 is 0 Å². The second kappa shape index (κ2) is 3.64. The van der Waals surface area contributed by atoms with E-state index >= 15 is 0 Å². The van der Waals surface area contributed by atoms with Gasteiger partial charge in [0.15, 0.2) is 0 Å². The van der Waals surface area contributed by atoms with Crippen molar-refractivity contribution < 1.29 is 0 Å². The van der Waals surface area contributed by atoms with Crippen LogP contribution in [-0.4, -0.2) is 28.8 Å². The van der Waals surface area contributed by atoms with Crippen molar-refractivity contribution in [3.63, 3.8) is 0 Å². The van der Waals surface area contributed by atoms with Crippen molar-refractivity contribution in [2.45, 2.75) is 9.83 Å². The summed E-state index contributed by atoms with van der Waals surface area (Å²) in [5, 5.41) is 8.39. The molecule has 0 aliphatic carbocycles. The molecule has 0 aromatic rings. The number of nitrogens with zero attached hydrogens (tertiary/aromatic N) is 2. The molecular weight excluding hydrogens is 194 g/mol. The zero-order valence-corrected chi connectivity index (χ0v) is 7.87. The van der Waals surface area contributed by atoms with Gasteiger partial charge in [0.1, 0.15) is 11.6 Å². The quantitative estimate of drug-likeness (QED) is 0.503. The Labute approximate surface area is 75.3 Å². The summed E-state index contributed by atoms with van der Waals surface area (Å²) >= 11 is 16.6. The van der Waals surface area contributed by atoms with Gasteiger partial charge in [-0.15, -0.1) is 11.6 Å². The maximum atomic E-state index is 8.39. The molecule has 10 heavy (non-hydrogen) atoms. The lowest BCUT2D eigenvalue weighted by atomic mass is 10.4. The molecule has 0 bridgehead atoms. The monoisotopic (exact) mass is 200 g/mol. The molecule has 0 amide bonds. The van der Waals surface area contributed by atoms with E-state index in [9.17, 15) is 0 Å². The van der Waals surface area contributed by atoms with Gasteiger partial charge in [0, 0.05) is 0 Å². The Morgan fingerprint density at radius 1 is 1.50 bits per heavy atom. The molecule has 0 aliphatic rings. The van der Waals surface area contributed by atoms with Crippen LogP contribution >= 0.6 is 34.8 Å². The molecule has 1 unspecified atom stereocenters. The molecule has 1 atom stereocenters. The van der Waals surface area contributed by atoms with E-state index in [1.54, 1.807) is 25.1 Å². The van der Waals surface area contributed by atoms with E-state index in [1.165, 1.54) is 0 Å². The van der Waals surface area contributed by atoms with Crippen molar-refractivity contribution >= 4 is 34.8 Å². The largest absolute Gasteiger partial charge is 0.290 e. The second-order valence-corrected chi connectivity index (χ2v) is 3.83. The van der Waals surface area contributed by atoms with Gasteiger partial charge in [0.05, 0.1) is 0 Å². The van der Waals surface area contributed by atoms with Gasteiger partial charge in [-0.05, 0) is 14.1 Å². The smallest absolute Gasteiger partial charge is 0.232 e. The van der Waals surface area contributed by atoms with E-state index in [-0.39, 0.29) is 0 Å². The predicted octanol–water partition coefficient (Wildman–Crippen LogP) is 1.81. The fourth-order valence-electron chi connectivity index (χ4n) is 0.378. The Kier molecular flexibility index (Phi) is 3.75. The van der Waals surface area contributed by atoms with Gasteiger partial charge < -0.3 is 0 Å². The molecule has 0 aliphatic heterocycles. The van der Waals surface area contributed by atoms with Crippen molar-refractivity contribution in [2.24, 2.45) is 0 Å². The van der Waals surface area contributed by atoms with Crippen LogP contribution in [0.2, 0.25) is 0 Å². The lowest BCUT2D eigenvalue weighted by Gasteiger charge is -2.23. The van der Waals surface area contributed by atoms with E-state index in [4.69, 9.17) is 40.1 Å². The first kappa shape index (κ1) is 10.3. The molecule has 0 radical (unpaired) electrons. The summed E-state index contributed by atoms with van der Waals surface area (Å²) in [4.78, 5) is 1.56. The second-order valence-electron chi connectivity index (χ2n) is 2.03. The highest BCUT2D eigenvalue weighted by atomic mass is 35.5. The van der Waals surface area contributed by atoms with Crippen LogP contribution in [0.15, 0.2) is 0 Å². The molecule has 0 N–H and O–H groups in total. The number of rotatable bonds is 2. The predicted molar refractivity (Wildman–Crippen MR) is 43.4 cm³/mol. The summed E-state index contributed by atoms with van der Waals surface area (Å²) in [5.74, 6) is 0. The summed E-state index contributed by atoms with van der Waals surface area (Å²) in [6.45, 7) is 0. The standard InChI is InChI=1S/C5H7Cl3N2/c1-10(2)4(6)5(7,8)3-9/h4H,1-2H3. The number of hydrogen-bond donors (Lipinski definition) is 0. The summed E-state index contributed by atoms with van der Waals surface area (Å²) in [6.07, 6.45) is 0. The van der Waals surface area contributed by atoms with Crippen molar-refractivity contribution in [3.05, 3.63) is 0 Å². The normalized spacial score (nSPS) is 14.9. The minimum Gasteiger partial charge on any atom is -0.290 e. The number of hydrogen-bond acceptors (Lipinski definition) is 2. The van der Waals surface area contributed by atoms with Gasteiger partial charge in [0.2, 0.25) is 4.33 Å². The van der Waals surface area contributed by atoms with Crippen molar-refractivity contribution in [1.29, 1.82) is 5.26 Å². The highest BCUT2D eigenvalue weighted by Crippen LogP contribution is 2.29. The van der Waals surface area contributed by atoms with E-state index in [1.807, 2.05) is 0 Å². The van der Waals surface area contributed by atoms with Crippen LogP contribution in [0.5, 0.6) is 0 Å². The average Bonchev–Trinajstić information content (AvgIpc) is 1.86. The van der Waals surface area contributed by atoms with E-state index in [0.717, 1.165) is 0 Å². The summed E-state index contributed by atoms with van der Waals surface area (Å²) in [7, 11) is 3.38. The third-order valence-electron chi connectivity index (χ3n) is 0.902. The van der Waals surface area contributed by atoms with Gasteiger partial charge >= 0.3 is 0 Å². The first-order valence-corrected chi connectivity index (χ1v) is 3.70. The van der Waals surface area contributed by atoms with E-state index in [2.05, 4.69) is 0 Å². The highest BCUT2D eigenvalue weighted by molar-refractivity contribution is 6.54. The molecule has 0 fully saturated rings. The number of halogens is 3. The van der Waals surface area contributed by atoms with Crippen LogP contribution in [0.25, 0.3) is 0 Å². The molecule has 0 heterocycles. The number of nitriles is 1. The zero-order chi connectivity index (χ0) is 8.36. The SMILES string of the molecule is CN(C)C(Cl)C(Cl)(Cl)C#N. The molecule has 2 nitrogen and oxygen atoms in total. The first-order valence-electron chi connectivity index (χ1n) is 2.51. The van der Waals surface area contributed by atoms with Crippen LogP contribution in [0.1, 0.15) is 0 Å². The molecule has 0 aromatic heterocycles. The van der Waals surface area contributed by atoms with E-state index < -0.39 is 9.83 Å². The molecule has 5 heteroatoms. The summed E-state index contributed by atoms with van der Waals surface area (Å²) in [5.41, 5.74) is -0.694. The maximum Gasteiger partial charge on any atom is 0.232 e. The first-order chi connectivity index (χ1) is 4.41. The molecular formula is C5H7Cl3N2. The highest BCUT2D eigenvalue weighted by Gasteiger charge is 2.34. The van der Waals surface area contributed by atoms with Crippen molar-refractivity contribution in [3.8, 4) is 6.07 Å². The third-order valence-corrected chi connectivity index (χ3v) is 2.43. The van der Waals surface area contributed by atoms with Crippen LogP contribution in [-0.2, 0) is 0 Å². The van der Waals surface area contributed by atoms with Gasteiger partial charge in [0.25, 0.3) is 0 Å². The van der Waals surface area contributed by atoms with Gasteiger partial charge in [-0.25, -0.2) is 0 Å². The minimum atomic E-state index is -1.54. The minimum absolute atomic E-state index is 0.694. The van der Waals surface area contributed by atoms with E-state index in [0.29, 0.717) is 0 Å². The fourth-order valence-corrected chi connectivity index (χ4v) is 0.817. The topological polar surface area (TPSA) is 27.0 Å². The van der Waals surface area contributed by atoms with Gasteiger partial charge in [-0.1, -0.05) is 23.2 Å². The summed E-state index contributed by atoms with van der Waals surface area (Å²) in [6, 6.07) is 1.68. The van der Waals surface area contributed by atoms with Crippen LogP contribution in [0.3, 0.4) is 0 Å². The molecule has 0 aromatic carbocycles. The Hall–Kier alpha value is 0.320. The van der Waals surface area contributed by atoms with Crippen molar-refractivity contribution in [1.82, 2.24) is 4.90 Å². The Morgan fingerprint density at radius 3 is 2.00 bits per heavy atom. The third kappa shape index (κ3) is 2.51. The molecule has 58 valence electrons. The lowest BCUT2D eigenvalue weighted by molar-refractivity contribution is 0.371. The Morgan fingerprint density at radius 2 is 1.90 bits per heavy atom. The lowest BCUT2D eigenvalue weighted by Crippen LogP contribution is -2.37. The zero-order valence-electron chi connectivity index (χ0n) is 5.61. The van der Waals surface area contributed by atoms with Crippen LogP contribution in [0, 0.1) is 11.3 Å². The fraction of sp³-hybridized carbons (Fsp3) is 0.800.